The maximum absolute atomic E-state index is 15.5. The van der Waals surface area contributed by atoms with Crippen LogP contribution in [0.5, 0.6) is 11.8 Å². The lowest BCUT2D eigenvalue weighted by Gasteiger charge is -2.43. The van der Waals surface area contributed by atoms with E-state index in [9.17, 15) is 23.1 Å². The van der Waals surface area contributed by atoms with E-state index in [-0.39, 0.29) is 52.9 Å². The largest absolute Gasteiger partial charge is 0.465 e. The zero-order valence-corrected chi connectivity index (χ0v) is 22.4. The van der Waals surface area contributed by atoms with Gasteiger partial charge in [-0.1, -0.05) is 0 Å². The van der Waals surface area contributed by atoms with E-state index in [2.05, 4.69) is 35.5 Å². The smallest absolute Gasteiger partial charge is 0.407 e. The van der Waals surface area contributed by atoms with Gasteiger partial charge in [-0.3, -0.25) is 4.90 Å². The number of hydrogen-bond donors (Lipinski definition) is 1. The molecule has 0 unspecified atom stereocenters. The fourth-order valence-electron chi connectivity index (χ4n) is 5.95. The number of ether oxygens (including phenoxy) is 2. The number of carboxylic acid groups (broad SMARTS) is 1. The number of halogens is 5. The molecule has 0 radical (unpaired) electrons. The van der Waals surface area contributed by atoms with Gasteiger partial charge < -0.3 is 24.4 Å². The van der Waals surface area contributed by atoms with Crippen molar-refractivity contribution in [2.24, 2.45) is 0 Å². The summed E-state index contributed by atoms with van der Waals surface area (Å²) < 4.78 is 66.0. The highest BCUT2D eigenvalue weighted by Crippen LogP contribution is 2.42. The molecule has 3 fully saturated rings. The van der Waals surface area contributed by atoms with Gasteiger partial charge in [0.15, 0.2) is 5.82 Å². The molecular weight excluding hydrogens is 578 g/mol. The second-order valence-electron chi connectivity index (χ2n) is 10.3. The molecule has 1 aromatic heterocycles. The van der Waals surface area contributed by atoms with Crippen LogP contribution in [0, 0.1) is 5.82 Å². The topological polar surface area (TPSA) is 91.3 Å². The van der Waals surface area contributed by atoms with Crippen LogP contribution in [0.3, 0.4) is 0 Å². The van der Waals surface area contributed by atoms with E-state index < -0.39 is 42.0 Å². The first-order valence-corrected chi connectivity index (χ1v) is 13.2. The number of nitrogens with zero attached hydrogens (tertiary/aromatic N) is 5. The summed E-state index contributed by atoms with van der Waals surface area (Å²) in [4.78, 5) is 25.6. The molecule has 1 N–H and O–H groups in total. The van der Waals surface area contributed by atoms with Crippen LogP contribution in [0.4, 0.5) is 28.2 Å². The standard InChI is InChI=1S/C24H28BrF4N5O4/c1-12-9-34(23(35)36)13(2)8-33(12)20-15-6-16(38-21(28)29)17(25)18(27)19(15)30-22(31-20)37-11-24-4-3-5-32(24)10-14(26)7-24/h6,12-14,21H,3-5,7-11H2,1-2H3,(H,35,36)/t12-,13+,14+,24-/m0/s1. The Balaban J connectivity index is 1.56. The van der Waals surface area contributed by atoms with Gasteiger partial charge in [0.1, 0.15) is 29.9 Å². The number of aromatic nitrogens is 2. The highest BCUT2D eigenvalue weighted by Gasteiger charge is 2.49. The van der Waals surface area contributed by atoms with Crippen LogP contribution in [-0.2, 0) is 0 Å². The Morgan fingerprint density at radius 1 is 1.26 bits per heavy atom. The predicted octanol–water partition coefficient (Wildman–Crippen LogP) is 4.67. The zero-order valence-electron chi connectivity index (χ0n) is 20.8. The molecule has 3 saturated heterocycles. The van der Waals surface area contributed by atoms with Crippen molar-refractivity contribution in [3.8, 4) is 11.8 Å². The van der Waals surface area contributed by atoms with Crippen LogP contribution in [-0.4, -0.2) is 94.2 Å². The summed E-state index contributed by atoms with van der Waals surface area (Å²) in [6, 6.07) is 0.285. The third-order valence-electron chi connectivity index (χ3n) is 7.75. The van der Waals surface area contributed by atoms with E-state index in [4.69, 9.17) is 4.74 Å². The lowest BCUT2D eigenvalue weighted by atomic mass is 9.95. The number of amides is 1. The van der Waals surface area contributed by atoms with E-state index in [0.717, 1.165) is 19.4 Å². The van der Waals surface area contributed by atoms with Crippen molar-refractivity contribution in [1.29, 1.82) is 0 Å². The van der Waals surface area contributed by atoms with Crippen molar-refractivity contribution < 1.29 is 36.9 Å². The normalized spacial score (nSPS) is 27.8. The Morgan fingerprint density at radius 2 is 2.03 bits per heavy atom. The monoisotopic (exact) mass is 605 g/mol. The summed E-state index contributed by atoms with van der Waals surface area (Å²) in [5, 5.41) is 9.65. The Labute approximate surface area is 224 Å². The summed E-state index contributed by atoms with van der Waals surface area (Å²) in [6.07, 6.45) is -0.0218. The minimum absolute atomic E-state index is 0.113. The molecule has 38 heavy (non-hydrogen) atoms. The molecule has 1 aromatic carbocycles. The van der Waals surface area contributed by atoms with E-state index in [1.807, 2.05) is 0 Å². The van der Waals surface area contributed by atoms with E-state index >= 15 is 4.39 Å². The first-order chi connectivity index (χ1) is 18.0. The second kappa shape index (κ2) is 10.2. The molecule has 4 atom stereocenters. The van der Waals surface area contributed by atoms with Gasteiger partial charge >= 0.3 is 18.7 Å². The average Bonchev–Trinajstić information content (AvgIpc) is 3.37. The lowest BCUT2D eigenvalue weighted by molar-refractivity contribution is -0.0504. The number of fused-ring (bicyclic) bond motifs is 2. The molecule has 0 saturated carbocycles. The summed E-state index contributed by atoms with van der Waals surface area (Å²) in [7, 11) is 0. The molecule has 0 aliphatic carbocycles. The summed E-state index contributed by atoms with van der Waals surface area (Å²) in [5.74, 6) is -1.15. The van der Waals surface area contributed by atoms with Crippen LogP contribution in [0.25, 0.3) is 10.9 Å². The van der Waals surface area contributed by atoms with Crippen molar-refractivity contribution in [2.45, 2.75) is 63.5 Å². The third kappa shape index (κ3) is 4.80. The minimum atomic E-state index is -3.19. The molecule has 208 valence electrons. The van der Waals surface area contributed by atoms with Crippen molar-refractivity contribution in [3.63, 3.8) is 0 Å². The number of rotatable bonds is 6. The Bertz CT molecular complexity index is 1240. The first kappa shape index (κ1) is 27.0. The third-order valence-corrected chi connectivity index (χ3v) is 8.49. The highest BCUT2D eigenvalue weighted by molar-refractivity contribution is 9.10. The van der Waals surface area contributed by atoms with Gasteiger partial charge in [-0.2, -0.15) is 18.7 Å². The van der Waals surface area contributed by atoms with Crippen LogP contribution in [0.15, 0.2) is 10.5 Å². The predicted molar refractivity (Wildman–Crippen MR) is 133 cm³/mol. The molecular formula is C24H28BrF4N5O4. The molecule has 3 aliphatic rings. The first-order valence-electron chi connectivity index (χ1n) is 12.4. The van der Waals surface area contributed by atoms with Crippen LogP contribution in [0.2, 0.25) is 0 Å². The average molecular weight is 606 g/mol. The number of hydrogen-bond acceptors (Lipinski definition) is 7. The zero-order chi connectivity index (χ0) is 27.4. The molecule has 9 nitrogen and oxygen atoms in total. The molecule has 0 bridgehead atoms. The lowest BCUT2D eigenvalue weighted by Crippen LogP contribution is -2.58. The van der Waals surface area contributed by atoms with Gasteiger partial charge in [-0.25, -0.2) is 13.6 Å². The van der Waals surface area contributed by atoms with Crippen LogP contribution >= 0.6 is 15.9 Å². The molecule has 5 rings (SSSR count). The van der Waals surface area contributed by atoms with Crippen molar-refractivity contribution >= 4 is 38.7 Å². The molecule has 1 amide bonds. The quantitative estimate of drug-likeness (QED) is 0.475. The summed E-state index contributed by atoms with van der Waals surface area (Å²) in [6.45, 7) is 1.92. The number of benzene rings is 1. The molecule has 3 aliphatic heterocycles. The van der Waals surface area contributed by atoms with E-state index in [0.29, 0.717) is 13.0 Å². The number of anilines is 1. The highest BCUT2D eigenvalue weighted by atomic mass is 79.9. The number of piperazine rings is 1. The van der Waals surface area contributed by atoms with Gasteiger partial charge in [-0.05, 0) is 55.2 Å². The SMILES string of the molecule is C[C@@H]1CN(c2nc(OC[C@@]34CCCN3C[C@H](F)C4)nc3c(F)c(Br)c(OC(F)F)cc23)[C@@H](C)CN1C(=O)O. The van der Waals surface area contributed by atoms with E-state index in [1.165, 1.54) is 11.0 Å². The summed E-state index contributed by atoms with van der Waals surface area (Å²) >= 11 is 2.99. The minimum Gasteiger partial charge on any atom is -0.465 e. The fourth-order valence-corrected chi connectivity index (χ4v) is 6.34. The van der Waals surface area contributed by atoms with Crippen molar-refractivity contribution in [2.75, 3.05) is 37.7 Å². The Kier molecular flexibility index (Phi) is 7.22. The van der Waals surface area contributed by atoms with Crippen molar-refractivity contribution in [3.05, 3.63) is 16.4 Å². The van der Waals surface area contributed by atoms with Gasteiger partial charge in [0, 0.05) is 43.5 Å². The molecule has 4 heterocycles. The van der Waals surface area contributed by atoms with Crippen molar-refractivity contribution in [1.82, 2.24) is 19.8 Å². The number of carbonyl (C=O) groups is 1. The van der Waals surface area contributed by atoms with Gasteiger partial charge in [-0.15, -0.1) is 0 Å². The Morgan fingerprint density at radius 3 is 2.74 bits per heavy atom. The maximum atomic E-state index is 15.5. The maximum Gasteiger partial charge on any atom is 0.407 e. The fraction of sp³-hybridized carbons (Fsp3) is 0.625. The van der Waals surface area contributed by atoms with Crippen LogP contribution < -0.4 is 14.4 Å². The van der Waals surface area contributed by atoms with E-state index in [1.54, 1.807) is 18.7 Å². The van der Waals surface area contributed by atoms with Gasteiger partial charge in [0.05, 0.1) is 10.0 Å². The van der Waals surface area contributed by atoms with Gasteiger partial charge in [0.2, 0.25) is 0 Å². The molecule has 2 aromatic rings. The summed E-state index contributed by atoms with van der Waals surface area (Å²) in [5.41, 5.74) is -0.657. The Hall–Kier alpha value is -2.61. The van der Waals surface area contributed by atoms with Crippen LogP contribution in [0.1, 0.15) is 33.1 Å². The molecule has 14 heteroatoms. The molecule has 0 spiro atoms. The van der Waals surface area contributed by atoms with Gasteiger partial charge in [0.25, 0.3) is 0 Å². The number of alkyl halides is 3. The second-order valence-corrected chi connectivity index (χ2v) is 11.0.